The highest BCUT2D eigenvalue weighted by Crippen LogP contribution is 2.74. The third kappa shape index (κ3) is 1.13. The Kier molecular flexibility index (Phi) is 1.98. The van der Waals surface area contributed by atoms with Gasteiger partial charge in [-0.15, -0.1) is 0 Å². The molecule has 0 saturated heterocycles. The van der Waals surface area contributed by atoms with Gasteiger partial charge in [0, 0.05) is 5.02 Å². The molecule has 1 saturated carbocycles. The highest BCUT2D eigenvalue weighted by atomic mass is 35.5. The summed E-state index contributed by atoms with van der Waals surface area (Å²) in [7, 11) is 0. The van der Waals surface area contributed by atoms with Crippen molar-refractivity contribution in [1.29, 1.82) is 0 Å². The third-order valence-corrected chi connectivity index (χ3v) is 4.58. The Balaban J connectivity index is 2.41. The molecule has 0 heterocycles. The van der Waals surface area contributed by atoms with Gasteiger partial charge >= 0.3 is 0 Å². The fourth-order valence-corrected chi connectivity index (χ4v) is 2.93. The van der Waals surface area contributed by atoms with E-state index in [9.17, 15) is 0 Å². The average molecular weight is 209 g/mol. The van der Waals surface area contributed by atoms with E-state index in [0.29, 0.717) is 16.7 Å². The first kappa shape index (κ1) is 10.0. The van der Waals surface area contributed by atoms with Gasteiger partial charge in [-0.3, -0.25) is 0 Å². The molecule has 76 valence electrons. The Morgan fingerprint density at radius 3 is 1.93 bits per heavy atom. The quantitative estimate of drug-likeness (QED) is 0.638. The Morgan fingerprint density at radius 1 is 1.00 bits per heavy atom. The van der Waals surface area contributed by atoms with Crippen LogP contribution in [0.2, 0.25) is 5.02 Å². The zero-order valence-corrected chi connectivity index (χ0v) is 10.0. The lowest BCUT2D eigenvalue weighted by Gasteiger charge is -2.04. The van der Waals surface area contributed by atoms with Gasteiger partial charge in [0.1, 0.15) is 0 Å². The molecule has 1 fully saturated rings. The molecule has 0 N–H and O–H groups in total. The molecule has 0 spiro atoms. The lowest BCUT2D eigenvalue weighted by Crippen LogP contribution is -1.95. The summed E-state index contributed by atoms with van der Waals surface area (Å²) in [6.45, 7) is 9.28. The van der Waals surface area contributed by atoms with Gasteiger partial charge in [0.05, 0.1) is 0 Å². The lowest BCUT2D eigenvalue weighted by atomic mass is 10.0. The number of halogens is 1. The lowest BCUT2D eigenvalue weighted by molar-refractivity contribution is 0.457. The molecule has 1 aliphatic carbocycles. The fourth-order valence-electron chi connectivity index (χ4n) is 2.68. The molecule has 0 atom stereocenters. The second-order valence-electron chi connectivity index (χ2n) is 5.40. The number of hydrogen-bond donors (Lipinski definition) is 0. The van der Waals surface area contributed by atoms with E-state index in [1.165, 1.54) is 5.56 Å². The van der Waals surface area contributed by atoms with Crippen LogP contribution in [0.25, 0.3) is 0 Å². The summed E-state index contributed by atoms with van der Waals surface area (Å²) in [4.78, 5) is 0. The molecule has 1 heteroatoms. The molecule has 0 aromatic heterocycles. The van der Waals surface area contributed by atoms with Crippen molar-refractivity contribution in [3.05, 3.63) is 34.9 Å². The van der Waals surface area contributed by atoms with E-state index in [2.05, 4.69) is 39.8 Å². The average Bonchev–Trinajstić information content (AvgIpc) is 2.46. The molecule has 1 aromatic rings. The molecule has 0 nitrogen and oxygen atoms in total. The zero-order chi connectivity index (χ0) is 10.6. The summed E-state index contributed by atoms with van der Waals surface area (Å²) in [5.74, 6) is 0.601. The van der Waals surface area contributed by atoms with Crippen molar-refractivity contribution < 1.29 is 0 Å². The van der Waals surface area contributed by atoms with Crippen molar-refractivity contribution in [1.82, 2.24) is 0 Å². The smallest absolute Gasteiger partial charge is 0.0441 e. The first-order valence-corrected chi connectivity index (χ1v) is 5.51. The Labute approximate surface area is 91.3 Å². The highest BCUT2D eigenvalue weighted by Gasteiger charge is 2.65. The van der Waals surface area contributed by atoms with Crippen LogP contribution in [0.4, 0.5) is 0 Å². The second kappa shape index (κ2) is 2.76. The van der Waals surface area contributed by atoms with Crippen molar-refractivity contribution >= 4 is 11.6 Å². The highest BCUT2D eigenvalue weighted by molar-refractivity contribution is 6.31. The molecule has 0 unspecified atom stereocenters. The van der Waals surface area contributed by atoms with Crippen LogP contribution < -0.4 is 0 Å². The molecule has 1 aliphatic rings. The van der Waals surface area contributed by atoms with Crippen molar-refractivity contribution in [3.63, 3.8) is 0 Å². The summed E-state index contributed by atoms with van der Waals surface area (Å²) < 4.78 is 0. The first-order chi connectivity index (χ1) is 6.39. The molecular formula is C13H17Cl. The van der Waals surface area contributed by atoms with Crippen LogP contribution in [-0.4, -0.2) is 0 Å². The Hall–Kier alpha value is -0.490. The topological polar surface area (TPSA) is 0 Å². The van der Waals surface area contributed by atoms with Gasteiger partial charge in [-0.2, -0.15) is 0 Å². The minimum Gasteiger partial charge on any atom is -0.0840 e. The molecule has 0 amide bonds. The maximum atomic E-state index is 6.21. The van der Waals surface area contributed by atoms with Crippen LogP contribution in [0.3, 0.4) is 0 Å². The Morgan fingerprint density at radius 2 is 1.50 bits per heavy atom. The van der Waals surface area contributed by atoms with E-state index in [4.69, 9.17) is 11.6 Å². The van der Waals surface area contributed by atoms with E-state index in [1.54, 1.807) is 0 Å². The predicted octanol–water partition coefficient (Wildman–Crippen LogP) is 4.49. The van der Waals surface area contributed by atoms with Crippen LogP contribution in [0.5, 0.6) is 0 Å². The third-order valence-electron chi connectivity index (χ3n) is 4.24. The molecule has 0 bridgehead atoms. The summed E-state index contributed by atoms with van der Waals surface area (Å²) in [5.41, 5.74) is 2.06. The van der Waals surface area contributed by atoms with Crippen molar-refractivity contribution in [2.75, 3.05) is 0 Å². The molecule has 2 rings (SSSR count). The van der Waals surface area contributed by atoms with Crippen LogP contribution in [0.1, 0.15) is 39.2 Å². The van der Waals surface area contributed by atoms with E-state index < -0.39 is 0 Å². The summed E-state index contributed by atoms with van der Waals surface area (Å²) in [6.07, 6.45) is 0. The summed E-state index contributed by atoms with van der Waals surface area (Å²) in [6, 6.07) is 8.21. The Bertz CT molecular complexity index is 349. The maximum absolute atomic E-state index is 6.21. The maximum Gasteiger partial charge on any atom is 0.0441 e. The monoisotopic (exact) mass is 208 g/mol. The van der Waals surface area contributed by atoms with Gasteiger partial charge in [0.2, 0.25) is 0 Å². The summed E-state index contributed by atoms with van der Waals surface area (Å²) >= 11 is 6.21. The fraction of sp³-hybridized carbons (Fsp3) is 0.538. The SMILES string of the molecule is CC1(C)C(c2ccccc2Cl)C1(C)C. The molecule has 0 radical (unpaired) electrons. The first-order valence-electron chi connectivity index (χ1n) is 5.13. The molecular weight excluding hydrogens is 192 g/mol. The normalized spacial score (nSPS) is 23.5. The minimum absolute atomic E-state index is 0.373. The van der Waals surface area contributed by atoms with Crippen LogP contribution >= 0.6 is 11.6 Å². The predicted molar refractivity (Wildman–Crippen MR) is 61.8 cm³/mol. The van der Waals surface area contributed by atoms with Crippen molar-refractivity contribution in [2.45, 2.75) is 33.6 Å². The molecule has 0 aliphatic heterocycles. The number of benzene rings is 1. The van der Waals surface area contributed by atoms with Crippen LogP contribution in [-0.2, 0) is 0 Å². The number of hydrogen-bond acceptors (Lipinski definition) is 0. The number of rotatable bonds is 1. The second-order valence-corrected chi connectivity index (χ2v) is 5.81. The van der Waals surface area contributed by atoms with Crippen LogP contribution in [0.15, 0.2) is 24.3 Å². The van der Waals surface area contributed by atoms with Crippen LogP contribution in [0, 0.1) is 10.8 Å². The standard InChI is InChI=1S/C13H17Cl/c1-12(2)11(13(12,3)4)9-7-5-6-8-10(9)14/h5-8,11H,1-4H3. The van der Waals surface area contributed by atoms with Gasteiger partial charge in [0.25, 0.3) is 0 Å². The van der Waals surface area contributed by atoms with E-state index in [0.717, 1.165) is 5.02 Å². The van der Waals surface area contributed by atoms with Gasteiger partial charge in [-0.1, -0.05) is 57.5 Å². The largest absolute Gasteiger partial charge is 0.0840 e. The van der Waals surface area contributed by atoms with Crippen molar-refractivity contribution in [2.24, 2.45) is 10.8 Å². The van der Waals surface area contributed by atoms with Gasteiger partial charge in [-0.05, 0) is 28.4 Å². The van der Waals surface area contributed by atoms with Crippen molar-refractivity contribution in [3.8, 4) is 0 Å². The van der Waals surface area contributed by atoms with E-state index >= 15 is 0 Å². The van der Waals surface area contributed by atoms with E-state index in [-0.39, 0.29) is 0 Å². The minimum atomic E-state index is 0.373. The van der Waals surface area contributed by atoms with Gasteiger partial charge < -0.3 is 0 Å². The summed E-state index contributed by atoms with van der Waals surface area (Å²) in [5, 5.41) is 0.913. The zero-order valence-electron chi connectivity index (χ0n) is 9.26. The van der Waals surface area contributed by atoms with Gasteiger partial charge in [0.15, 0.2) is 0 Å². The molecule has 1 aromatic carbocycles. The van der Waals surface area contributed by atoms with Gasteiger partial charge in [-0.25, -0.2) is 0 Å². The molecule has 14 heavy (non-hydrogen) atoms. The van der Waals surface area contributed by atoms with E-state index in [1.807, 2.05) is 12.1 Å².